The first-order valence-electron chi connectivity index (χ1n) is 5.70. The van der Waals surface area contributed by atoms with E-state index in [1.165, 1.54) is 17.5 Å². The van der Waals surface area contributed by atoms with E-state index in [1.54, 1.807) is 11.8 Å². The molecule has 3 N–H and O–H groups in total. The third kappa shape index (κ3) is 2.08. The Balaban J connectivity index is 1.82. The molecule has 88 valence electrons. The lowest BCUT2D eigenvalue weighted by Gasteiger charge is -2.29. The lowest BCUT2D eigenvalue weighted by Crippen LogP contribution is -2.29. The highest BCUT2D eigenvalue weighted by Gasteiger charge is 2.27. The van der Waals surface area contributed by atoms with E-state index in [9.17, 15) is 0 Å². The van der Waals surface area contributed by atoms with E-state index < -0.39 is 0 Å². The maximum atomic E-state index is 6.32. The Bertz CT molecular complexity index is 497. The van der Waals surface area contributed by atoms with Gasteiger partial charge in [-0.1, -0.05) is 36.0 Å². The SMILES string of the molecule is NC1c2ccccc2CCC1Sc1ncn[nH]1. The van der Waals surface area contributed by atoms with Crippen molar-refractivity contribution in [2.75, 3.05) is 0 Å². The number of aromatic nitrogens is 3. The third-order valence-electron chi connectivity index (χ3n) is 3.17. The Morgan fingerprint density at radius 1 is 1.35 bits per heavy atom. The molecule has 2 unspecified atom stereocenters. The van der Waals surface area contributed by atoms with Gasteiger partial charge in [0.15, 0.2) is 5.16 Å². The van der Waals surface area contributed by atoms with Crippen molar-refractivity contribution in [3.05, 3.63) is 41.7 Å². The lowest BCUT2D eigenvalue weighted by molar-refractivity contribution is 0.585. The van der Waals surface area contributed by atoms with Gasteiger partial charge in [-0.3, -0.25) is 5.10 Å². The quantitative estimate of drug-likeness (QED) is 0.849. The zero-order valence-electron chi connectivity index (χ0n) is 9.34. The molecule has 17 heavy (non-hydrogen) atoms. The van der Waals surface area contributed by atoms with Gasteiger partial charge in [0.25, 0.3) is 0 Å². The monoisotopic (exact) mass is 246 g/mol. The van der Waals surface area contributed by atoms with Gasteiger partial charge >= 0.3 is 0 Å². The smallest absolute Gasteiger partial charge is 0.183 e. The molecule has 1 heterocycles. The zero-order valence-corrected chi connectivity index (χ0v) is 10.2. The molecule has 0 bridgehead atoms. The van der Waals surface area contributed by atoms with Crippen molar-refractivity contribution in [2.24, 2.45) is 5.73 Å². The molecule has 0 amide bonds. The number of benzene rings is 1. The highest BCUT2D eigenvalue weighted by atomic mass is 32.2. The molecule has 0 radical (unpaired) electrons. The average molecular weight is 246 g/mol. The van der Waals surface area contributed by atoms with Crippen LogP contribution in [0.1, 0.15) is 23.6 Å². The van der Waals surface area contributed by atoms with Gasteiger partial charge in [-0.2, -0.15) is 5.10 Å². The van der Waals surface area contributed by atoms with Crippen LogP contribution in [0.2, 0.25) is 0 Å². The van der Waals surface area contributed by atoms with Gasteiger partial charge in [0.2, 0.25) is 0 Å². The number of nitrogens with two attached hydrogens (primary N) is 1. The van der Waals surface area contributed by atoms with E-state index in [1.807, 2.05) is 0 Å². The van der Waals surface area contributed by atoms with E-state index in [0.29, 0.717) is 5.25 Å². The van der Waals surface area contributed by atoms with Crippen LogP contribution in [-0.2, 0) is 6.42 Å². The summed E-state index contributed by atoms with van der Waals surface area (Å²) in [4.78, 5) is 4.14. The maximum Gasteiger partial charge on any atom is 0.183 e. The van der Waals surface area contributed by atoms with Crippen LogP contribution in [0.25, 0.3) is 0 Å². The van der Waals surface area contributed by atoms with Gasteiger partial charge in [0.1, 0.15) is 6.33 Å². The van der Waals surface area contributed by atoms with Gasteiger partial charge in [-0.15, -0.1) is 0 Å². The molecule has 2 atom stereocenters. The number of nitrogens with zero attached hydrogens (tertiary/aromatic N) is 2. The first-order chi connectivity index (χ1) is 8.34. The minimum atomic E-state index is 0.0787. The van der Waals surface area contributed by atoms with Crippen molar-refractivity contribution < 1.29 is 0 Å². The van der Waals surface area contributed by atoms with Gasteiger partial charge in [0, 0.05) is 11.3 Å². The second kappa shape index (κ2) is 4.50. The second-order valence-electron chi connectivity index (χ2n) is 4.21. The molecule has 1 aromatic heterocycles. The fourth-order valence-electron chi connectivity index (χ4n) is 2.29. The fourth-order valence-corrected chi connectivity index (χ4v) is 3.32. The molecule has 0 spiro atoms. The molecule has 3 rings (SSSR count). The molecule has 0 aliphatic heterocycles. The predicted octanol–water partition coefficient (Wildman–Crippen LogP) is 1.91. The van der Waals surface area contributed by atoms with Crippen LogP contribution in [0.15, 0.2) is 35.7 Å². The van der Waals surface area contributed by atoms with E-state index in [2.05, 4.69) is 39.4 Å². The number of aryl methyl sites for hydroxylation is 1. The van der Waals surface area contributed by atoms with Crippen molar-refractivity contribution >= 4 is 11.8 Å². The number of thioether (sulfide) groups is 1. The van der Waals surface area contributed by atoms with Crippen molar-refractivity contribution in [3.8, 4) is 0 Å². The summed E-state index contributed by atoms with van der Waals surface area (Å²) < 4.78 is 0. The standard InChI is InChI=1S/C12H14N4S/c13-11-9-4-2-1-3-8(9)5-6-10(11)17-12-14-7-15-16-12/h1-4,7,10-11H,5-6,13H2,(H,14,15,16). The Morgan fingerprint density at radius 3 is 3.06 bits per heavy atom. The van der Waals surface area contributed by atoms with Gasteiger partial charge in [-0.05, 0) is 24.0 Å². The number of fused-ring (bicyclic) bond motifs is 1. The maximum absolute atomic E-state index is 6.32. The first kappa shape index (κ1) is 10.8. The summed E-state index contributed by atoms with van der Waals surface area (Å²) in [5, 5.41) is 7.96. The summed E-state index contributed by atoms with van der Waals surface area (Å²) in [5.41, 5.74) is 8.98. The minimum absolute atomic E-state index is 0.0787. The number of rotatable bonds is 2. The van der Waals surface area contributed by atoms with Crippen LogP contribution in [0.5, 0.6) is 0 Å². The number of nitrogens with one attached hydrogen (secondary N) is 1. The summed E-state index contributed by atoms with van der Waals surface area (Å²) in [5.74, 6) is 0. The van der Waals surface area contributed by atoms with Crippen LogP contribution in [0, 0.1) is 0 Å². The Morgan fingerprint density at radius 2 is 2.24 bits per heavy atom. The molecule has 1 aromatic carbocycles. The number of H-pyrrole nitrogens is 1. The van der Waals surface area contributed by atoms with Gasteiger partial charge < -0.3 is 5.73 Å². The van der Waals surface area contributed by atoms with Crippen LogP contribution in [0.3, 0.4) is 0 Å². The van der Waals surface area contributed by atoms with Crippen LogP contribution >= 0.6 is 11.8 Å². The highest BCUT2D eigenvalue weighted by molar-refractivity contribution is 7.99. The average Bonchev–Trinajstić information content (AvgIpc) is 2.86. The van der Waals surface area contributed by atoms with Crippen LogP contribution in [-0.4, -0.2) is 20.4 Å². The summed E-state index contributed by atoms with van der Waals surface area (Å²) >= 11 is 1.69. The van der Waals surface area contributed by atoms with Crippen molar-refractivity contribution in [3.63, 3.8) is 0 Å². The minimum Gasteiger partial charge on any atom is -0.323 e. The first-order valence-corrected chi connectivity index (χ1v) is 6.58. The highest BCUT2D eigenvalue weighted by Crippen LogP contribution is 2.37. The number of aromatic amines is 1. The normalized spacial score (nSPS) is 23.4. The van der Waals surface area contributed by atoms with E-state index in [-0.39, 0.29) is 6.04 Å². The third-order valence-corrected chi connectivity index (χ3v) is 4.42. The molecule has 1 aliphatic rings. The predicted molar refractivity (Wildman–Crippen MR) is 67.7 cm³/mol. The van der Waals surface area contributed by atoms with E-state index >= 15 is 0 Å². The summed E-state index contributed by atoms with van der Waals surface area (Å²) in [7, 11) is 0. The molecular weight excluding hydrogens is 232 g/mol. The van der Waals surface area contributed by atoms with Gasteiger partial charge in [-0.25, -0.2) is 4.98 Å². The van der Waals surface area contributed by atoms with Crippen LogP contribution < -0.4 is 5.73 Å². The Hall–Kier alpha value is -1.33. The van der Waals surface area contributed by atoms with Crippen LogP contribution in [0.4, 0.5) is 0 Å². The van der Waals surface area contributed by atoms with E-state index in [4.69, 9.17) is 5.73 Å². The fraction of sp³-hybridized carbons (Fsp3) is 0.333. The molecular formula is C12H14N4S. The number of hydrogen-bond acceptors (Lipinski definition) is 4. The molecule has 2 aromatic rings. The molecule has 4 nitrogen and oxygen atoms in total. The zero-order chi connectivity index (χ0) is 11.7. The summed E-state index contributed by atoms with van der Waals surface area (Å²) in [6.07, 6.45) is 3.71. The molecule has 0 saturated carbocycles. The Kier molecular flexibility index (Phi) is 2.86. The number of hydrogen-bond donors (Lipinski definition) is 2. The molecule has 0 saturated heterocycles. The van der Waals surface area contributed by atoms with Crippen molar-refractivity contribution in [1.82, 2.24) is 15.2 Å². The van der Waals surface area contributed by atoms with Crippen molar-refractivity contribution in [1.29, 1.82) is 0 Å². The summed E-state index contributed by atoms with van der Waals surface area (Å²) in [6.45, 7) is 0. The topological polar surface area (TPSA) is 67.6 Å². The molecule has 1 aliphatic carbocycles. The van der Waals surface area contributed by atoms with E-state index in [0.717, 1.165) is 18.0 Å². The lowest BCUT2D eigenvalue weighted by atomic mass is 9.88. The molecule has 0 fully saturated rings. The Labute approximate surface area is 104 Å². The molecule has 5 heteroatoms. The largest absolute Gasteiger partial charge is 0.323 e. The van der Waals surface area contributed by atoms with Gasteiger partial charge in [0.05, 0.1) is 0 Å². The van der Waals surface area contributed by atoms with Crippen molar-refractivity contribution in [2.45, 2.75) is 29.3 Å². The second-order valence-corrected chi connectivity index (χ2v) is 5.44. The summed E-state index contributed by atoms with van der Waals surface area (Å²) in [6, 6.07) is 8.52.